The molecule has 0 aliphatic carbocycles. The number of non-ortho nitro benzene ring substituents is 1. The Kier molecular flexibility index (Phi) is 5.79. The Bertz CT molecular complexity index is 546. The highest BCUT2D eigenvalue weighted by molar-refractivity contribution is 5.82. The molecule has 1 rings (SSSR count). The van der Waals surface area contributed by atoms with Gasteiger partial charge < -0.3 is 15.7 Å². The van der Waals surface area contributed by atoms with Gasteiger partial charge in [0.25, 0.3) is 5.69 Å². The zero-order chi connectivity index (χ0) is 16.0. The van der Waals surface area contributed by atoms with Crippen molar-refractivity contribution in [3.05, 3.63) is 39.9 Å². The molecule has 1 amide bonds. The van der Waals surface area contributed by atoms with Crippen LogP contribution in [0.4, 0.5) is 5.69 Å². The molecule has 1 atom stereocenters. The standard InChI is InChI=1S/C13H17N3O5/c1-15(13(19)11(14)5-6-12(17)18)8-9-3-2-4-10(7-9)16(20)21/h2-4,7,11H,5-6,8,14H2,1H3,(H,17,18). The Morgan fingerprint density at radius 2 is 2.14 bits per heavy atom. The molecule has 0 aliphatic heterocycles. The van der Waals surface area contributed by atoms with Crippen LogP contribution in [0.2, 0.25) is 0 Å². The summed E-state index contributed by atoms with van der Waals surface area (Å²) in [7, 11) is 1.52. The Morgan fingerprint density at radius 3 is 2.71 bits per heavy atom. The number of nitrogens with two attached hydrogens (primary N) is 1. The van der Waals surface area contributed by atoms with Gasteiger partial charge in [0.05, 0.1) is 11.0 Å². The fraction of sp³-hybridized carbons (Fsp3) is 0.385. The van der Waals surface area contributed by atoms with Crippen LogP contribution in [0.5, 0.6) is 0 Å². The SMILES string of the molecule is CN(Cc1cccc([N+](=O)[O-])c1)C(=O)C(N)CCC(=O)O. The van der Waals surface area contributed by atoms with E-state index in [-0.39, 0.29) is 25.1 Å². The summed E-state index contributed by atoms with van der Waals surface area (Å²) < 4.78 is 0. The second-order valence-electron chi connectivity index (χ2n) is 4.66. The van der Waals surface area contributed by atoms with E-state index in [0.29, 0.717) is 5.56 Å². The minimum atomic E-state index is -1.01. The van der Waals surface area contributed by atoms with E-state index >= 15 is 0 Å². The summed E-state index contributed by atoms with van der Waals surface area (Å²) in [5, 5.41) is 19.2. The predicted octanol–water partition coefficient (Wildman–Crippen LogP) is 0.745. The summed E-state index contributed by atoms with van der Waals surface area (Å²) in [4.78, 5) is 33.9. The van der Waals surface area contributed by atoms with Crippen molar-refractivity contribution in [2.75, 3.05) is 7.05 Å². The fourth-order valence-electron chi connectivity index (χ4n) is 1.81. The van der Waals surface area contributed by atoms with Gasteiger partial charge in [-0.1, -0.05) is 12.1 Å². The van der Waals surface area contributed by atoms with E-state index in [0.717, 1.165) is 0 Å². The molecule has 8 nitrogen and oxygen atoms in total. The third-order valence-corrected chi connectivity index (χ3v) is 2.90. The van der Waals surface area contributed by atoms with E-state index in [1.807, 2.05) is 0 Å². The van der Waals surface area contributed by atoms with Crippen LogP contribution in [0.1, 0.15) is 18.4 Å². The minimum absolute atomic E-state index is 0.0491. The molecular weight excluding hydrogens is 278 g/mol. The van der Waals surface area contributed by atoms with Gasteiger partial charge in [0.2, 0.25) is 5.91 Å². The number of hydrogen-bond donors (Lipinski definition) is 2. The molecule has 0 aromatic heterocycles. The second-order valence-corrected chi connectivity index (χ2v) is 4.66. The number of hydrogen-bond acceptors (Lipinski definition) is 5. The van der Waals surface area contributed by atoms with E-state index in [1.54, 1.807) is 6.07 Å². The first kappa shape index (κ1) is 16.6. The van der Waals surface area contributed by atoms with E-state index in [4.69, 9.17) is 10.8 Å². The zero-order valence-electron chi connectivity index (χ0n) is 11.6. The van der Waals surface area contributed by atoms with Gasteiger partial charge in [0, 0.05) is 32.1 Å². The van der Waals surface area contributed by atoms with Gasteiger partial charge in [-0.05, 0) is 12.0 Å². The highest BCUT2D eigenvalue weighted by Crippen LogP contribution is 2.14. The van der Waals surface area contributed by atoms with Crippen LogP contribution < -0.4 is 5.73 Å². The maximum atomic E-state index is 12.0. The molecule has 0 saturated carbocycles. The number of nitro benzene ring substituents is 1. The Balaban J connectivity index is 2.65. The zero-order valence-corrected chi connectivity index (χ0v) is 11.6. The highest BCUT2D eigenvalue weighted by atomic mass is 16.6. The molecule has 0 fully saturated rings. The summed E-state index contributed by atoms with van der Waals surface area (Å²) in [6, 6.07) is 5.05. The maximum Gasteiger partial charge on any atom is 0.303 e. The number of carboxylic acids is 1. The van der Waals surface area contributed by atoms with Crippen molar-refractivity contribution in [1.82, 2.24) is 4.90 Å². The largest absolute Gasteiger partial charge is 0.481 e. The number of carbonyl (C=O) groups is 2. The first-order chi connectivity index (χ1) is 9.81. The number of nitro groups is 1. The number of aliphatic carboxylic acids is 1. The summed E-state index contributed by atoms with van der Waals surface area (Å²) in [6.45, 7) is 0.168. The molecule has 3 N–H and O–H groups in total. The topological polar surface area (TPSA) is 127 Å². The Labute approximate surface area is 121 Å². The van der Waals surface area contributed by atoms with Crippen LogP contribution in [0.25, 0.3) is 0 Å². The Hall–Kier alpha value is -2.48. The molecule has 0 aliphatic rings. The summed E-state index contributed by atoms with van der Waals surface area (Å²) >= 11 is 0. The molecule has 0 heterocycles. The monoisotopic (exact) mass is 295 g/mol. The van der Waals surface area contributed by atoms with Gasteiger partial charge in [-0.2, -0.15) is 0 Å². The molecule has 1 aromatic carbocycles. The number of carbonyl (C=O) groups excluding carboxylic acids is 1. The average Bonchev–Trinajstić information content (AvgIpc) is 2.44. The smallest absolute Gasteiger partial charge is 0.303 e. The molecule has 0 bridgehead atoms. The molecule has 0 saturated heterocycles. The summed E-state index contributed by atoms with van der Waals surface area (Å²) in [5.41, 5.74) is 6.19. The number of benzene rings is 1. The predicted molar refractivity (Wildman–Crippen MR) is 74.4 cm³/mol. The van der Waals surface area contributed by atoms with Gasteiger partial charge in [0.15, 0.2) is 0 Å². The number of carboxylic acid groups (broad SMARTS) is 1. The third kappa shape index (κ3) is 5.19. The highest BCUT2D eigenvalue weighted by Gasteiger charge is 2.19. The number of nitrogens with zero attached hydrogens (tertiary/aromatic N) is 2. The van der Waals surface area contributed by atoms with Gasteiger partial charge in [-0.3, -0.25) is 19.7 Å². The summed E-state index contributed by atoms with van der Waals surface area (Å²) in [5.74, 6) is -1.41. The second kappa shape index (κ2) is 7.34. The van der Waals surface area contributed by atoms with E-state index in [9.17, 15) is 19.7 Å². The fourth-order valence-corrected chi connectivity index (χ4v) is 1.81. The first-order valence-corrected chi connectivity index (χ1v) is 6.27. The lowest BCUT2D eigenvalue weighted by atomic mass is 10.1. The first-order valence-electron chi connectivity index (χ1n) is 6.27. The lowest BCUT2D eigenvalue weighted by Crippen LogP contribution is -2.41. The normalized spacial score (nSPS) is 11.7. The number of likely N-dealkylation sites (N-methyl/N-ethyl adjacent to an activating group) is 1. The molecule has 114 valence electrons. The van der Waals surface area contributed by atoms with Crippen molar-refractivity contribution in [1.29, 1.82) is 0 Å². The van der Waals surface area contributed by atoms with Crippen molar-refractivity contribution >= 4 is 17.6 Å². The molecule has 8 heteroatoms. The van der Waals surface area contributed by atoms with Gasteiger partial charge in [0.1, 0.15) is 0 Å². The van der Waals surface area contributed by atoms with Crippen LogP contribution >= 0.6 is 0 Å². The van der Waals surface area contributed by atoms with Crippen molar-refractivity contribution in [2.45, 2.75) is 25.4 Å². The molecule has 0 radical (unpaired) electrons. The van der Waals surface area contributed by atoms with Crippen molar-refractivity contribution in [3.8, 4) is 0 Å². The molecule has 21 heavy (non-hydrogen) atoms. The lowest BCUT2D eigenvalue weighted by Gasteiger charge is -2.21. The molecule has 1 aromatic rings. The van der Waals surface area contributed by atoms with Crippen LogP contribution in [-0.2, 0) is 16.1 Å². The number of rotatable bonds is 7. The maximum absolute atomic E-state index is 12.0. The van der Waals surface area contributed by atoms with Gasteiger partial charge in [-0.15, -0.1) is 0 Å². The van der Waals surface area contributed by atoms with E-state index < -0.39 is 22.8 Å². The van der Waals surface area contributed by atoms with E-state index in [2.05, 4.69) is 0 Å². The van der Waals surface area contributed by atoms with E-state index in [1.165, 1.54) is 30.1 Å². The average molecular weight is 295 g/mol. The molecule has 0 spiro atoms. The third-order valence-electron chi connectivity index (χ3n) is 2.90. The minimum Gasteiger partial charge on any atom is -0.481 e. The van der Waals surface area contributed by atoms with Crippen LogP contribution in [-0.4, -0.2) is 39.9 Å². The molecule has 1 unspecified atom stereocenters. The van der Waals surface area contributed by atoms with Gasteiger partial charge in [-0.25, -0.2) is 0 Å². The number of amides is 1. The van der Waals surface area contributed by atoms with Crippen molar-refractivity contribution < 1.29 is 19.6 Å². The van der Waals surface area contributed by atoms with Crippen molar-refractivity contribution in [2.24, 2.45) is 5.73 Å². The van der Waals surface area contributed by atoms with Crippen LogP contribution in [0, 0.1) is 10.1 Å². The lowest BCUT2D eigenvalue weighted by molar-refractivity contribution is -0.384. The quantitative estimate of drug-likeness (QED) is 0.564. The van der Waals surface area contributed by atoms with Crippen LogP contribution in [0.15, 0.2) is 24.3 Å². The van der Waals surface area contributed by atoms with Gasteiger partial charge >= 0.3 is 5.97 Å². The summed E-state index contributed by atoms with van der Waals surface area (Å²) in [6.07, 6.45) is -0.134. The molecular formula is C13H17N3O5. The van der Waals surface area contributed by atoms with Crippen LogP contribution in [0.3, 0.4) is 0 Å². The van der Waals surface area contributed by atoms with Crippen molar-refractivity contribution in [3.63, 3.8) is 0 Å². The Morgan fingerprint density at radius 1 is 1.48 bits per heavy atom.